The van der Waals surface area contributed by atoms with Gasteiger partial charge in [-0.25, -0.2) is 4.98 Å². The molecule has 3 N–H and O–H groups in total. The molecule has 0 unspecified atom stereocenters. The number of thioether (sulfide) groups is 1. The summed E-state index contributed by atoms with van der Waals surface area (Å²) in [4.78, 5) is 25.3. The highest BCUT2D eigenvalue weighted by Crippen LogP contribution is 2.30. The molecule has 88 valence electrons. The van der Waals surface area contributed by atoms with E-state index < -0.39 is 0 Å². The maximum Gasteiger partial charge on any atom is 0.227 e. The van der Waals surface area contributed by atoms with E-state index in [0.717, 1.165) is 20.2 Å². The molecule has 1 aromatic heterocycles. The minimum atomic E-state index is -0.363. The molecule has 2 rings (SSSR count). The molecule has 0 saturated heterocycles. The van der Waals surface area contributed by atoms with Crippen LogP contribution in [0.15, 0.2) is 22.5 Å². The first-order chi connectivity index (χ1) is 8.19. The SMILES string of the molecule is NC(=O)CSc1nc2ccc(NC=O)cc2s1. The zero-order valence-corrected chi connectivity index (χ0v) is 10.3. The van der Waals surface area contributed by atoms with Gasteiger partial charge in [-0.05, 0) is 18.2 Å². The average molecular weight is 267 g/mol. The quantitative estimate of drug-likeness (QED) is 0.634. The molecule has 0 aliphatic rings. The Balaban J connectivity index is 2.23. The number of nitrogens with one attached hydrogen (secondary N) is 1. The van der Waals surface area contributed by atoms with Crippen LogP contribution >= 0.6 is 23.1 Å². The van der Waals surface area contributed by atoms with Crippen LogP contribution in [-0.2, 0) is 9.59 Å². The minimum absolute atomic E-state index is 0.221. The summed E-state index contributed by atoms with van der Waals surface area (Å²) < 4.78 is 1.76. The van der Waals surface area contributed by atoms with Crippen LogP contribution in [-0.4, -0.2) is 23.1 Å². The summed E-state index contributed by atoms with van der Waals surface area (Å²) in [5.41, 5.74) is 6.64. The van der Waals surface area contributed by atoms with Crippen LogP contribution in [0.3, 0.4) is 0 Å². The molecule has 2 aromatic rings. The number of hydrogen-bond donors (Lipinski definition) is 2. The summed E-state index contributed by atoms with van der Waals surface area (Å²) in [6.07, 6.45) is 0.630. The number of primary amides is 1. The molecule has 0 atom stereocenters. The number of nitrogens with zero attached hydrogens (tertiary/aromatic N) is 1. The first-order valence-corrected chi connectivity index (χ1v) is 6.51. The minimum Gasteiger partial charge on any atom is -0.369 e. The maximum absolute atomic E-state index is 10.7. The van der Waals surface area contributed by atoms with Crippen molar-refractivity contribution in [3.8, 4) is 0 Å². The van der Waals surface area contributed by atoms with Gasteiger partial charge < -0.3 is 11.1 Å². The monoisotopic (exact) mass is 267 g/mol. The lowest BCUT2D eigenvalue weighted by Gasteiger charge is -1.95. The smallest absolute Gasteiger partial charge is 0.227 e. The molecule has 1 aromatic carbocycles. The van der Waals surface area contributed by atoms with Crippen molar-refractivity contribution in [2.45, 2.75) is 4.34 Å². The molecule has 0 saturated carbocycles. The van der Waals surface area contributed by atoms with Gasteiger partial charge in [0, 0.05) is 5.69 Å². The summed E-state index contributed by atoms with van der Waals surface area (Å²) in [6, 6.07) is 5.45. The van der Waals surface area contributed by atoms with Crippen molar-refractivity contribution in [1.29, 1.82) is 0 Å². The Labute approximate surface area is 105 Å². The van der Waals surface area contributed by atoms with Gasteiger partial charge in [-0.1, -0.05) is 11.8 Å². The Morgan fingerprint density at radius 2 is 2.41 bits per heavy atom. The molecule has 0 aliphatic carbocycles. The van der Waals surface area contributed by atoms with Crippen molar-refractivity contribution < 1.29 is 9.59 Å². The number of carbonyl (C=O) groups excluding carboxylic acids is 2. The molecule has 1 heterocycles. The summed E-state index contributed by atoms with van der Waals surface area (Å²) in [7, 11) is 0. The number of anilines is 1. The highest BCUT2D eigenvalue weighted by Gasteiger charge is 2.06. The molecular weight excluding hydrogens is 258 g/mol. The van der Waals surface area contributed by atoms with E-state index in [9.17, 15) is 9.59 Å². The van der Waals surface area contributed by atoms with Crippen LogP contribution in [0.2, 0.25) is 0 Å². The Kier molecular flexibility index (Phi) is 3.60. The van der Waals surface area contributed by atoms with Crippen molar-refractivity contribution in [2.75, 3.05) is 11.1 Å². The summed E-state index contributed by atoms with van der Waals surface area (Å²) in [5.74, 6) is -0.142. The highest BCUT2D eigenvalue weighted by molar-refractivity contribution is 8.01. The number of amides is 2. The Morgan fingerprint density at radius 1 is 1.59 bits per heavy atom. The van der Waals surface area contributed by atoms with Gasteiger partial charge in [0.2, 0.25) is 12.3 Å². The number of carbonyl (C=O) groups is 2. The fourth-order valence-electron chi connectivity index (χ4n) is 1.26. The van der Waals surface area contributed by atoms with E-state index in [0.29, 0.717) is 6.41 Å². The number of rotatable bonds is 5. The normalized spacial score (nSPS) is 10.4. The summed E-state index contributed by atoms with van der Waals surface area (Å²) in [6.45, 7) is 0. The molecule has 17 heavy (non-hydrogen) atoms. The topological polar surface area (TPSA) is 85.1 Å². The van der Waals surface area contributed by atoms with Crippen molar-refractivity contribution >= 4 is 51.3 Å². The van der Waals surface area contributed by atoms with E-state index >= 15 is 0 Å². The van der Waals surface area contributed by atoms with Gasteiger partial charge in [0.15, 0.2) is 4.34 Å². The van der Waals surface area contributed by atoms with Crippen molar-refractivity contribution in [2.24, 2.45) is 5.73 Å². The lowest BCUT2D eigenvalue weighted by molar-refractivity contribution is -0.115. The number of hydrogen-bond acceptors (Lipinski definition) is 5. The van der Waals surface area contributed by atoms with Crippen LogP contribution in [0, 0.1) is 0 Å². The lowest BCUT2D eigenvalue weighted by Crippen LogP contribution is -2.12. The zero-order chi connectivity index (χ0) is 12.3. The van der Waals surface area contributed by atoms with Gasteiger partial charge in [0.1, 0.15) is 0 Å². The molecule has 5 nitrogen and oxygen atoms in total. The maximum atomic E-state index is 10.7. The first kappa shape index (κ1) is 11.9. The predicted molar refractivity (Wildman–Crippen MR) is 69.2 cm³/mol. The van der Waals surface area contributed by atoms with E-state index in [1.165, 1.54) is 23.1 Å². The number of benzene rings is 1. The van der Waals surface area contributed by atoms with Gasteiger partial charge in [-0.2, -0.15) is 0 Å². The van der Waals surface area contributed by atoms with Gasteiger partial charge in [0.05, 0.1) is 16.0 Å². The average Bonchev–Trinajstić information content (AvgIpc) is 2.69. The van der Waals surface area contributed by atoms with Crippen LogP contribution in [0.5, 0.6) is 0 Å². The largest absolute Gasteiger partial charge is 0.369 e. The van der Waals surface area contributed by atoms with Gasteiger partial charge in [0.25, 0.3) is 0 Å². The molecule has 0 bridgehead atoms. The van der Waals surface area contributed by atoms with E-state index in [1.54, 1.807) is 6.07 Å². The number of thiazole rings is 1. The van der Waals surface area contributed by atoms with Crippen LogP contribution < -0.4 is 11.1 Å². The molecule has 7 heteroatoms. The van der Waals surface area contributed by atoms with E-state index in [4.69, 9.17) is 5.73 Å². The lowest BCUT2D eigenvalue weighted by atomic mass is 10.3. The Morgan fingerprint density at radius 3 is 3.12 bits per heavy atom. The van der Waals surface area contributed by atoms with Crippen LogP contribution in [0.1, 0.15) is 0 Å². The van der Waals surface area contributed by atoms with Gasteiger partial charge in [-0.15, -0.1) is 11.3 Å². The number of nitrogens with two attached hydrogens (primary N) is 1. The predicted octanol–water partition coefficient (Wildman–Crippen LogP) is 1.44. The second-order valence-electron chi connectivity index (χ2n) is 3.18. The molecule has 0 aliphatic heterocycles. The zero-order valence-electron chi connectivity index (χ0n) is 8.67. The fraction of sp³-hybridized carbons (Fsp3) is 0.100. The Bertz CT molecular complexity index is 568. The third-order valence-corrected chi connectivity index (χ3v) is 4.12. The first-order valence-electron chi connectivity index (χ1n) is 4.71. The summed E-state index contributed by atoms with van der Waals surface area (Å²) in [5, 5.41) is 2.58. The standard InChI is InChI=1S/C10H9N3O2S2/c11-9(15)4-16-10-13-7-2-1-6(12-5-14)3-8(7)17-10/h1-3,5H,4H2,(H2,11,15)(H,12,14). The molecule has 0 spiro atoms. The highest BCUT2D eigenvalue weighted by atomic mass is 32.2. The van der Waals surface area contributed by atoms with E-state index in [-0.39, 0.29) is 11.7 Å². The third kappa shape index (κ3) is 2.95. The molecule has 2 amide bonds. The fourth-order valence-corrected chi connectivity index (χ4v) is 3.10. The van der Waals surface area contributed by atoms with Crippen molar-refractivity contribution in [1.82, 2.24) is 4.98 Å². The van der Waals surface area contributed by atoms with Crippen molar-refractivity contribution in [3.63, 3.8) is 0 Å². The van der Waals surface area contributed by atoms with E-state index in [2.05, 4.69) is 10.3 Å². The number of fused-ring (bicyclic) bond motifs is 1. The Hall–Kier alpha value is -1.60. The third-order valence-electron chi connectivity index (χ3n) is 1.93. The summed E-state index contributed by atoms with van der Waals surface area (Å²) >= 11 is 2.78. The van der Waals surface area contributed by atoms with Crippen LogP contribution in [0.4, 0.5) is 5.69 Å². The van der Waals surface area contributed by atoms with Crippen LogP contribution in [0.25, 0.3) is 10.2 Å². The molecule has 0 radical (unpaired) electrons. The van der Waals surface area contributed by atoms with Gasteiger partial charge in [-0.3, -0.25) is 9.59 Å². The molecular formula is C10H9N3O2S2. The van der Waals surface area contributed by atoms with E-state index in [1.807, 2.05) is 12.1 Å². The molecule has 0 fully saturated rings. The van der Waals surface area contributed by atoms with Crippen molar-refractivity contribution in [3.05, 3.63) is 18.2 Å². The van der Waals surface area contributed by atoms with Gasteiger partial charge >= 0.3 is 0 Å². The number of aromatic nitrogens is 1. The second kappa shape index (κ2) is 5.15. The second-order valence-corrected chi connectivity index (χ2v) is 5.43.